The molecule has 0 saturated heterocycles. The first kappa shape index (κ1) is 22.1. The van der Waals surface area contributed by atoms with Gasteiger partial charge in [0.05, 0.1) is 0 Å². The fourth-order valence-electron chi connectivity index (χ4n) is 2.87. The molecule has 0 rings (SSSR count). The quantitative estimate of drug-likeness (QED) is 0.423. The molecule has 0 spiro atoms. The van der Waals surface area contributed by atoms with Crippen molar-refractivity contribution in [3.05, 3.63) is 0 Å². The van der Waals surface area contributed by atoms with Crippen LogP contribution in [0.1, 0.15) is 80.1 Å². The van der Waals surface area contributed by atoms with Crippen molar-refractivity contribution in [3.63, 3.8) is 0 Å². The topological polar surface area (TPSA) is 38.3 Å². The Morgan fingerprint density at radius 1 is 0.909 bits per heavy atom. The van der Waals surface area contributed by atoms with E-state index in [-0.39, 0.29) is 6.09 Å². The zero-order chi connectivity index (χ0) is 17.1. The van der Waals surface area contributed by atoms with Gasteiger partial charge in [0.15, 0.2) is 0 Å². The molecule has 1 N–H and O–H groups in total. The number of amides is 1. The summed E-state index contributed by atoms with van der Waals surface area (Å²) in [5.41, 5.74) is -0.404. The molecule has 0 unspecified atom stereocenters. The van der Waals surface area contributed by atoms with Crippen LogP contribution >= 0.6 is 0 Å². The predicted molar refractivity (Wildman–Crippen MR) is 99.1 cm³/mol. The van der Waals surface area contributed by atoms with Crippen LogP contribution in [0, 0.1) is 0 Å². The predicted octanol–water partition coefficient (Wildman–Crippen LogP) is 5.90. The second-order valence-electron chi connectivity index (χ2n) is 7.67. The molecule has 4 heteroatoms. The molecule has 0 aliphatic carbocycles. The van der Waals surface area contributed by atoms with E-state index in [1.807, 2.05) is 20.8 Å². The molecule has 0 atom stereocenters. The van der Waals surface area contributed by atoms with E-state index in [4.69, 9.17) is 4.74 Å². The molecular formula is C18H39NO2Sn. The second kappa shape index (κ2) is 11.6. The van der Waals surface area contributed by atoms with Crippen molar-refractivity contribution in [1.82, 2.24) is 5.32 Å². The van der Waals surface area contributed by atoms with Crippen molar-refractivity contribution in [1.29, 1.82) is 0 Å². The summed E-state index contributed by atoms with van der Waals surface area (Å²) in [5.74, 6) is 0. The van der Waals surface area contributed by atoms with Gasteiger partial charge in [0.25, 0.3) is 0 Å². The number of nitrogens with one attached hydrogen (secondary N) is 1. The molecule has 0 aromatic carbocycles. The molecule has 3 nitrogen and oxygen atoms in total. The molecule has 0 fully saturated rings. The van der Waals surface area contributed by atoms with E-state index in [0.29, 0.717) is 0 Å². The van der Waals surface area contributed by atoms with E-state index in [1.54, 1.807) is 0 Å². The first-order valence-electron chi connectivity index (χ1n) is 9.25. The van der Waals surface area contributed by atoms with Crippen LogP contribution in [-0.4, -0.2) is 34.6 Å². The molecule has 0 saturated carbocycles. The molecular weight excluding hydrogens is 381 g/mol. The van der Waals surface area contributed by atoms with Gasteiger partial charge in [-0.1, -0.05) is 0 Å². The van der Waals surface area contributed by atoms with E-state index in [0.717, 1.165) is 4.56 Å². The Hall–Kier alpha value is 0.0687. The maximum atomic E-state index is 12.0. The summed E-state index contributed by atoms with van der Waals surface area (Å²) in [4.78, 5) is 12.0. The van der Waals surface area contributed by atoms with Gasteiger partial charge in [-0.15, -0.1) is 0 Å². The fourth-order valence-corrected chi connectivity index (χ4v) is 17.5. The van der Waals surface area contributed by atoms with Gasteiger partial charge >= 0.3 is 143 Å². The van der Waals surface area contributed by atoms with Crippen LogP contribution in [0.25, 0.3) is 0 Å². The zero-order valence-electron chi connectivity index (χ0n) is 15.9. The van der Waals surface area contributed by atoms with E-state index in [9.17, 15) is 4.79 Å². The summed E-state index contributed by atoms with van der Waals surface area (Å²) in [6.45, 7) is 12.6. The summed E-state index contributed by atoms with van der Waals surface area (Å²) >= 11 is -2.26. The Bertz CT molecular complexity index is 278. The monoisotopic (exact) mass is 421 g/mol. The third-order valence-electron chi connectivity index (χ3n) is 4.19. The first-order chi connectivity index (χ1) is 10.3. The molecule has 0 aromatic rings. The van der Waals surface area contributed by atoms with Crippen molar-refractivity contribution in [2.45, 2.75) is 99.0 Å². The maximum absolute atomic E-state index is 12.0. The third kappa shape index (κ3) is 10.7. The number of carbonyl (C=O) groups is 1. The minimum absolute atomic E-state index is 0.224. The van der Waals surface area contributed by atoms with Crippen molar-refractivity contribution >= 4 is 24.5 Å². The number of hydrogen-bond donors (Lipinski definition) is 1. The van der Waals surface area contributed by atoms with Gasteiger partial charge in [-0.2, -0.15) is 0 Å². The van der Waals surface area contributed by atoms with Crippen LogP contribution in [0.2, 0.25) is 13.3 Å². The van der Waals surface area contributed by atoms with Crippen LogP contribution in [0.4, 0.5) is 4.79 Å². The van der Waals surface area contributed by atoms with Gasteiger partial charge in [-0.05, 0) is 0 Å². The van der Waals surface area contributed by atoms with Crippen molar-refractivity contribution in [2.75, 3.05) is 4.56 Å². The second-order valence-corrected chi connectivity index (χ2v) is 21.5. The van der Waals surface area contributed by atoms with Gasteiger partial charge < -0.3 is 0 Å². The SMILES string of the molecule is CCC[CH2][Sn]([CH2]CCC)([CH2]CCC)[CH2]NC(=O)OC(C)(C)C. The van der Waals surface area contributed by atoms with Gasteiger partial charge in [0.1, 0.15) is 0 Å². The first-order valence-corrected chi connectivity index (χ1v) is 17.3. The van der Waals surface area contributed by atoms with Crippen LogP contribution < -0.4 is 5.32 Å². The molecule has 0 radical (unpaired) electrons. The molecule has 132 valence electrons. The molecule has 0 heterocycles. The normalized spacial score (nSPS) is 12.3. The molecule has 0 aromatic heterocycles. The number of rotatable bonds is 11. The Balaban J connectivity index is 4.73. The standard InChI is InChI=1S/C6H12NO2.3C4H9.Sn/c1-6(2,3)9-5(8)7-4;3*1-3-4-2;/h4H2,1-3H3,(H,7,8);3*1,3-4H2,2H3;. The summed E-state index contributed by atoms with van der Waals surface area (Å²) < 4.78 is 10.6. The molecule has 22 heavy (non-hydrogen) atoms. The Kier molecular flexibility index (Phi) is 11.6. The molecule has 0 aliphatic rings. The van der Waals surface area contributed by atoms with Gasteiger partial charge in [0.2, 0.25) is 0 Å². The number of alkyl carbamates (subject to hydrolysis) is 1. The van der Waals surface area contributed by atoms with Crippen LogP contribution in [0.3, 0.4) is 0 Å². The van der Waals surface area contributed by atoms with Gasteiger partial charge in [-0.25, -0.2) is 0 Å². The van der Waals surface area contributed by atoms with E-state index in [1.165, 1.54) is 51.8 Å². The summed E-state index contributed by atoms with van der Waals surface area (Å²) in [6, 6.07) is 0. The van der Waals surface area contributed by atoms with Crippen LogP contribution in [-0.2, 0) is 4.74 Å². The number of unbranched alkanes of at least 4 members (excludes halogenated alkanes) is 3. The van der Waals surface area contributed by atoms with E-state index >= 15 is 0 Å². The number of hydrogen-bond acceptors (Lipinski definition) is 2. The van der Waals surface area contributed by atoms with Gasteiger partial charge in [0, 0.05) is 0 Å². The van der Waals surface area contributed by atoms with Crippen LogP contribution in [0.15, 0.2) is 0 Å². The van der Waals surface area contributed by atoms with Crippen molar-refractivity contribution in [3.8, 4) is 0 Å². The fraction of sp³-hybridized carbons (Fsp3) is 0.944. The Morgan fingerprint density at radius 2 is 1.32 bits per heavy atom. The Labute approximate surface area is 142 Å². The average molecular weight is 420 g/mol. The van der Waals surface area contributed by atoms with E-state index < -0.39 is 24.0 Å². The Morgan fingerprint density at radius 3 is 1.64 bits per heavy atom. The van der Waals surface area contributed by atoms with Crippen molar-refractivity contribution < 1.29 is 9.53 Å². The van der Waals surface area contributed by atoms with E-state index in [2.05, 4.69) is 26.1 Å². The molecule has 0 bridgehead atoms. The van der Waals surface area contributed by atoms with Gasteiger partial charge in [-0.3, -0.25) is 0 Å². The van der Waals surface area contributed by atoms with Crippen molar-refractivity contribution in [2.24, 2.45) is 0 Å². The average Bonchev–Trinajstić information content (AvgIpc) is 2.44. The number of ether oxygens (including phenoxy) is 1. The minimum atomic E-state index is -2.26. The third-order valence-corrected chi connectivity index (χ3v) is 18.9. The van der Waals surface area contributed by atoms with Crippen LogP contribution in [0.5, 0.6) is 0 Å². The summed E-state index contributed by atoms with van der Waals surface area (Å²) in [5, 5.41) is 3.14. The molecule has 0 aliphatic heterocycles. The number of carbonyl (C=O) groups excluding carboxylic acids is 1. The zero-order valence-corrected chi connectivity index (χ0v) is 18.7. The summed E-state index contributed by atoms with van der Waals surface area (Å²) in [7, 11) is 0. The molecule has 1 amide bonds. The summed E-state index contributed by atoms with van der Waals surface area (Å²) in [6.07, 6.45) is 7.58.